The van der Waals surface area contributed by atoms with Crippen LogP contribution in [0.1, 0.15) is 12.8 Å². The lowest BCUT2D eigenvalue weighted by atomic mass is 10.2. The Balaban J connectivity index is 0. The number of rotatable bonds is 6. The number of carboxylic acid groups (broad SMARTS) is 1. The van der Waals surface area contributed by atoms with E-state index >= 15 is 0 Å². The van der Waals surface area contributed by atoms with E-state index in [-0.39, 0.29) is 26.1 Å². The SMILES string of the molecule is N[C@@H](CCC=O)C(=O)O.OCC(O)CO. The van der Waals surface area contributed by atoms with Gasteiger partial charge in [0.25, 0.3) is 0 Å². The van der Waals surface area contributed by atoms with Crippen molar-refractivity contribution in [2.45, 2.75) is 25.0 Å². The highest BCUT2D eigenvalue weighted by atomic mass is 16.4. The van der Waals surface area contributed by atoms with Gasteiger partial charge >= 0.3 is 5.97 Å². The van der Waals surface area contributed by atoms with Gasteiger partial charge in [0.05, 0.1) is 13.2 Å². The maximum absolute atomic E-state index is 9.96. The smallest absolute Gasteiger partial charge is 0.320 e. The number of aliphatic hydroxyl groups excluding tert-OH is 3. The maximum Gasteiger partial charge on any atom is 0.320 e. The standard InChI is InChI=1S/C5H9NO3.C3H8O3/c6-4(5(8)9)2-1-3-7;4-1-3(6)2-5/h3-4H,1-2,6H2,(H,8,9);3-6H,1-2H2/t4-;/m0./s1. The van der Waals surface area contributed by atoms with Crippen molar-refractivity contribution in [2.75, 3.05) is 13.2 Å². The van der Waals surface area contributed by atoms with Gasteiger partial charge in [-0.3, -0.25) is 4.79 Å². The number of hydrogen-bond acceptors (Lipinski definition) is 6. The van der Waals surface area contributed by atoms with Gasteiger partial charge in [-0.15, -0.1) is 0 Å². The lowest BCUT2D eigenvalue weighted by Gasteiger charge is -2.00. The van der Waals surface area contributed by atoms with Crippen LogP contribution >= 0.6 is 0 Å². The van der Waals surface area contributed by atoms with E-state index in [0.717, 1.165) is 0 Å². The van der Waals surface area contributed by atoms with Crippen LogP contribution in [0, 0.1) is 0 Å². The van der Waals surface area contributed by atoms with E-state index in [9.17, 15) is 9.59 Å². The van der Waals surface area contributed by atoms with Crippen molar-refractivity contribution in [1.82, 2.24) is 0 Å². The van der Waals surface area contributed by atoms with E-state index < -0.39 is 18.1 Å². The van der Waals surface area contributed by atoms with Gasteiger partial charge < -0.3 is 31.0 Å². The monoisotopic (exact) mass is 223 g/mol. The van der Waals surface area contributed by atoms with Crippen LogP contribution < -0.4 is 5.73 Å². The number of aliphatic carboxylic acids is 1. The van der Waals surface area contributed by atoms with E-state index in [2.05, 4.69) is 0 Å². The highest BCUT2D eigenvalue weighted by Gasteiger charge is 2.08. The fraction of sp³-hybridized carbons (Fsp3) is 0.750. The molecular weight excluding hydrogens is 206 g/mol. The molecule has 0 aromatic rings. The Hall–Kier alpha value is -1.02. The van der Waals surface area contributed by atoms with Gasteiger partial charge in [0, 0.05) is 6.42 Å². The van der Waals surface area contributed by atoms with Gasteiger partial charge in [-0.2, -0.15) is 0 Å². The van der Waals surface area contributed by atoms with Crippen LogP contribution in [0.15, 0.2) is 0 Å². The molecule has 0 radical (unpaired) electrons. The van der Waals surface area contributed by atoms with E-state index in [4.69, 9.17) is 26.2 Å². The highest BCUT2D eigenvalue weighted by molar-refractivity contribution is 5.73. The topological polar surface area (TPSA) is 141 Å². The minimum absolute atomic E-state index is 0.216. The molecule has 0 bridgehead atoms. The second kappa shape index (κ2) is 11.1. The van der Waals surface area contributed by atoms with Gasteiger partial charge in [0.2, 0.25) is 0 Å². The van der Waals surface area contributed by atoms with Crippen LogP contribution in [-0.4, -0.2) is 58.0 Å². The van der Waals surface area contributed by atoms with Crippen molar-refractivity contribution in [2.24, 2.45) is 5.73 Å². The minimum Gasteiger partial charge on any atom is -0.480 e. The lowest BCUT2D eigenvalue weighted by Crippen LogP contribution is -2.29. The summed E-state index contributed by atoms with van der Waals surface area (Å²) in [5, 5.41) is 32.2. The molecule has 0 heterocycles. The Kier molecular flexibility index (Phi) is 12.1. The van der Waals surface area contributed by atoms with E-state index in [0.29, 0.717) is 6.29 Å². The number of carbonyl (C=O) groups excluding carboxylic acids is 1. The average molecular weight is 223 g/mol. The zero-order valence-corrected chi connectivity index (χ0v) is 8.24. The summed E-state index contributed by atoms with van der Waals surface area (Å²) in [5.41, 5.74) is 5.04. The van der Waals surface area contributed by atoms with Crippen molar-refractivity contribution in [3.05, 3.63) is 0 Å². The van der Waals surface area contributed by atoms with E-state index in [1.54, 1.807) is 0 Å². The highest BCUT2D eigenvalue weighted by Crippen LogP contribution is 1.90. The van der Waals surface area contributed by atoms with Crippen LogP contribution in [-0.2, 0) is 9.59 Å². The molecule has 1 atom stereocenters. The summed E-state index contributed by atoms with van der Waals surface area (Å²) in [5.74, 6) is -1.06. The normalized spacial score (nSPS) is 11.5. The van der Waals surface area contributed by atoms with Crippen LogP contribution in [0.3, 0.4) is 0 Å². The summed E-state index contributed by atoms with van der Waals surface area (Å²) in [6.07, 6.45) is 0.139. The summed E-state index contributed by atoms with van der Waals surface area (Å²) in [7, 11) is 0. The van der Waals surface area contributed by atoms with Crippen LogP contribution in [0.2, 0.25) is 0 Å². The van der Waals surface area contributed by atoms with Crippen molar-refractivity contribution >= 4 is 12.3 Å². The molecule has 0 fully saturated rings. The third kappa shape index (κ3) is 13.0. The fourth-order valence-electron chi connectivity index (χ4n) is 0.429. The van der Waals surface area contributed by atoms with E-state index in [1.165, 1.54) is 0 Å². The van der Waals surface area contributed by atoms with Crippen molar-refractivity contribution in [1.29, 1.82) is 0 Å². The van der Waals surface area contributed by atoms with Crippen LogP contribution in [0.4, 0.5) is 0 Å². The largest absolute Gasteiger partial charge is 0.480 e. The molecular formula is C8H17NO6. The maximum atomic E-state index is 9.96. The molecule has 0 aromatic carbocycles. The molecule has 0 aliphatic carbocycles. The number of nitrogens with two attached hydrogens (primary N) is 1. The summed E-state index contributed by atoms with van der Waals surface area (Å²) >= 11 is 0. The Morgan fingerprint density at radius 3 is 2.00 bits per heavy atom. The van der Waals surface area contributed by atoms with Gasteiger partial charge in [0.1, 0.15) is 18.4 Å². The molecule has 90 valence electrons. The molecule has 0 aromatic heterocycles. The Morgan fingerprint density at radius 2 is 1.80 bits per heavy atom. The molecule has 0 spiro atoms. The number of aldehydes is 1. The molecule has 0 amide bonds. The van der Waals surface area contributed by atoms with Crippen molar-refractivity contribution in [3.63, 3.8) is 0 Å². The molecule has 0 unspecified atom stereocenters. The zero-order valence-electron chi connectivity index (χ0n) is 8.24. The van der Waals surface area contributed by atoms with Gasteiger partial charge in [-0.1, -0.05) is 0 Å². The molecule has 0 rings (SSSR count). The molecule has 0 aliphatic rings. The third-order valence-electron chi connectivity index (χ3n) is 1.33. The van der Waals surface area contributed by atoms with E-state index in [1.807, 2.05) is 0 Å². The second-order valence-corrected chi connectivity index (χ2v) is 2.71. The summed E-state index contributed by atoms with van der Waals surface area (Å²) in [6, 6.07) is -0.893. The first-order valence-corrected chi connectivity index (χ1v) is 4.31. The Bertz CT molecular complexity index is 171. The van der Waals surface area contributed by atoms with Gasteiger partial charge in [-0.25, -0.2) is 0 Å². The predicted octanol–water partition coefficient (Wildman–Crippen LogP) is -2.29. The first kappa shape index (κ1) is 16.4. The van der Waals surface area contributed by atoms with Crippen molar-refractivity contribution < 1.29 is 30.0 Å². The first-order valence-electron chi connectivity index (χ1n) is 4.31. The number of carboxylic acids is 1. The Morgan fingerprint density at radius 1 is 1.33 bits per heavy atom. The summed E-state index contributed by atoms with van der Waals surface area (Å²) < 4.78 is 0. The summed E-state index contributed by atoms with van der Waals surface area (Å²) in [6.45, 7) is -0.729. The molecule has 15 heavy (non-hydrogen) atoms. The molecule has 7 heteroatoms. The van der Waals surface area contributed by atoms with Crippen LogP contribution in [0.5, 0.6) is 0 Å². The molecule has 0 aliphatic heterocycles. The quantitative estimate of drug-likeness (QED) is 0.319. The zero-order chi connectivity index (χ0) is 12.3. The van der Waals surface area contributed by atoms with Gasteiger partial charge in [0.15, 0.2) is 0 Å². The Labute approximate surface area is 87.1 Å². The number of aliphatic hydroxyl groups is 3. The molecule has 0 saturated heterocycles. The van der Waals surface area contributed by atoms with Gasteiger partial charge in [-0.05, 0) is 6.42 Å². The van der Waals surface area contributed by atoms with Crippen LogP contribution in [0.25, 0.3) is 0 Å². The minimum atomic E-state index is -1.06. The first-order chi connectivity index (χ1) is 6.99. The molecule has 0 saturated carbocycles. The number of carbonyl (C=O) groups is 2. The predicted molar refractivity (Wildman–Crippen MR) is 51.1 cm³/mol. The molecule has 7 nitrogen and oxygen atoms in total. The fourth-order valence-corrected chi connectivity index (χ4v) is 0.429. The molecule has 6 N–H and O–H groups in total. The lowest BCUT2D eigenvalue weighted by molar-refractivity contribution is -0.138. The second-order valence-electron chi connectivity index (χ2n) is 2.71. The third-order valence-corrected chi connectivity index (χ3v) is 1.33. The average Bonchev–Trinajstić information content (AvgIpc) is 2.25. The van der Waals surface area contributed by atoms with Crippen molar-refractivity contribution in [3.8, 4) is 0 Å². The summed E-state index contributed by atoms with van der Waals surface area (Å²) in [4.78, 5) is 19.6. The number of hydrogen-bond donors (Lipinski definition) is 5.